The predicted molar refractivity (Wildman–Crippen MR) is 85.1 cm³/mol. The zero-order valence-electron chi connectivity index (χ0n) is 13.7. The van der Waals surface area contributed by atoms with Gasteiger partial charge in [-0.1, -0.05) is 27.7 Å². The van der Waals surface area contributed by atoms with Crippen molar-refractivity contribution in [2.24, 2.45) is 17.8 Å². The highest BCUT2D eigenvalue weighted by atomic mass is 16.5. The van der Waals surface area contributed by atoms with E-state index >= 15 is 0 Å². The molecule has 0 aromatic rings. The average molecular weight is 289 g/mol. The first kappa shape index (κ1) is 19.4. The van der Waals surface area contributed by atoms with Gasteiger partial charge in [0.15, 0.2) is 0 Å². The summed E-state index contributed by atoms with van der Waals surface area (Å²) in [4.78, 5) is 11.1. The summed E-state index contributed by atoms with van der Waals surface area (Å²) < 4.78 is 5.54. The van der Waals surface area contributed by atoms with Gasteiger partial charge in [-0.2, -0.15) is 0 Å². The fourth-order valence-corrected chi connectivity index (χ4v) is 1.99. The third-order valence-corrected chi connectivity index (χ3v) is 3.20. The molecule has 0 bridgehead atoms. The number of hydrogen-bond acceptors (Lipinski definition) is 3. The fourth-order valence-electron chi connectivity index (χ4n) is 1.99. The largest absolute Gasteiger partial charge is 0.481 e. The van der Waals surface area contributed by atoms with E-state index in [-0.39, 0.29) is 7.34 Å². The molecular weight excluding hydrogens is 254 g/mol. The second-order valence-electron chi connectivity index (χ2n) is 6.38. The smallest absolute Gasteiger partial charge is 0.307 e. The average Bonchev–Trinajstić information content (AvgIpc) is 2.34. The molecular formula is C16H35NO3. The van der Waals surface area contributed by atoms with Crippen LogP contribution in [0.2, 0.25) is 0 Å². The highest BCUT2D eigenvalue weighted by molar-refractivity contribution is 5.70. The summed E-state index contributed by atoms with van der Waals surface area (Å²) in [5.74, 6) is 0.268. The van der Waals surface area contributed by atoms with Crippen molar-refractivity contribution >= 4 is 5.97 Å². The van der Waals surface area contributed by atoms with E-state index in [0.717, 1.165) is 31.9 Å². The molecule has 0 saturated carbocycles. The van der Waals surface area contributed by atoms with Gasteiger partial charge >= 0.3 is 5.97 Å². The van der Waals surface area contributed by atoms with Crippen molar-refractivity contribution in [1.82, 2.24) is 5.32 Å². The Morgan fingerprint density at radius 2 is 1.65 bits per heavy atom. The summed E-state index contributed by atoms with van der Waals surface area (Å²) in [6.07, 6.45) is 3.79. The maximum atomic E-state index is 11.1. The molecule has 20 heavy (non-hydrogen) atoms. The monoisotopic (exact) mass is 289 g/mol. The minimum atomic E-state index is -0.707. The molecule has 0 aliphatic rings. The van der Waals surface area contributed by atoms with Gasteiger partial charge in [-0.25, -0.2) is 0 Å². The van der Waals surface area contributed by atoms with Crippen LogP contribution in [0.15, 0.2) is 0 Å². The molecule has 0 heterocycles. The summed E-state index contributed by atoms with van der Waals surface area (Å²) in [5.41, 5.74) is 0. The van der Waals surface area contributed by atoms with Gasteiger partial charge in [-0.05, 0) is 44.1 Å². The molecule has 0 aliphatic heterocycles. The lowest BCUT2D eigenvalue weighted by molar-refractivity contribution is -0.141. The Hall–Kier alpha value is -0.610. The molecule has 1 unspecified atom stereocenters. The molecule has 0 amide bonds. The number of hydrogen-bond donors (Lipinski definition) is 2. The lowest BCUT2D eigenvalue weighted by atomic mass is 10.0. The summed E-state index contributed by atoms with van der Waals surface area (Å²) in [5, 5.41) is 12.4. The topological polar surface area (TPSA) is 58.6 Å². The highest BCUT2D eigenvalue weighted by Crippen LogP contribution is 2.08. The molecule has 122 valence electrons. The lowest BCUT2D eigenvalue weighted by Crippen LogP contribution is -2.31. The van der Waals surface area contributed by atoms with E-state index in [1.165, 1.54) is 6.42 Å². The fraction of sp³-hybridized carbons (Fsp3) is 0.938. The number of nitrogens with one attached hydrogen (secondary N) is 1. The first-order valence-corrected chi connectivity index (χ1v) is 7.94. The summed E-state index contributed by atoms with van der Waals surface area (Å²) in [7, 11) is 0. The van der Waals surface area contributed by atoms with Crippen molar-refractivity contribution in [1.29, 1.82) is 0 Å². The van der Waals surface area contributed by atoms with Crippen LogP contribution in [0, 0.1) is 17.8 Å². The molecule has 2 N–H and O–H groups in total. The van der Waals surface area contributed by atoms with Crippen LogP contribution >= 0.6 is 0 Å². The van der Waals surface area contributed by atoms with Gasteiger partial charge in [-0.3, -0.25) is 4.79 Å². The van der Waals surface area contributed by atoms with E-state index in [0.29, 0.717) is 25.5 Å². The molecule has 0 aromatic carbocycles. The van der Waals surface area contributed by atoms with Crippen molar-refractivity contribution in [2.45, 2.75) is 53.4 Å². The Kier molecular flexibility index (Phi) is 11.8. The Morgan fingerprint density at radius 1 is 1.05 bits per heavy atom. The second kappa shape index (κ2) is 12.2. The van der Waals surface area contributed by atoms with Gasteiger partial charge in [0.05, 0.1) is 5.92 Å². The SMILES string of the molecule is CC(C)CCCOCCCC(CNCC(C)C)C(=O)O.[HH]. The van der Waals surface area contributed by atoms with Crippen LogP contribution in [0.3, 0.4) is 0 Å². The van der Waals surface area contributed by atoms with Crippen molar-refractivity contribution in [2.75, 3.05) is 26.3 Å². The number of carboxylic acids is 1. The molecule has 0 fully saturated rings. The standard InChI is InChI=1S/C16H33NO3.H2/c1-13(2)7-5-9-20-10-6-8-15(16(18)19)12-17-11-14(3)4;/h13-15,17H,5-12H2,1-4H3,(H,18,19);1H. The molecule has 1 atom stereocenters. The Labute approximate surface area is 125 Å². The number of aliphatic carboxylic acids is 1. The summed E-state index contributed by atoms with van der Waals surface area (Å²) in [6, 6.07) is 0. The van der Waals surface area contributed by atoms with E-state index in [4.69, 9.17) is 9.84 Å². The van der Waals surface area contributed by atoms with E-state index in [9.17, 15) is 4.79 Å². The van der Waals surface area contributed by atoms with Gasteiger partial charge < -0.3 is 15.2 Å². The molecule has 4 heteroatoms. The molecule has 0 rings (SSSR count). The quantitative estimate of drug-likeness (QED) is 0.510. The molecule has 0 radical (unpaired) electrons. The zero-order chi connectivity index (χ0) is 15.4. The first-order chi connectivity index (χ1) is 9.43. The van der Waals surface area contributed by atoms with Crippen molar-refractivity contribution in [3.63, 3.8) is 0 Å². The summed E-state index contributed by atoms with van der Waals surface area (Å²) >= 11 is 0. The Bertz CT molecular complexity index is 248. The van der Waals surface area contributed by atoms with Gasteiger partial charge in [0.25, 0.3) is 0 Å². The van der Waals surface area contributed by atoms with Crippen LogP contribution in [0.5, 0.6) is 0 Å². The van der Waals surface area contributed by atoms with Crippen molar-refractivity contribution in [3.05, 3.63) is 0 Å². The van der Waals surface area contributed by atoms with Crippen LogP contribution in [0.4, 0.5) is 0 Å². The summed E-state index contributed by atoms with van der Waals surface area (Å²) in [6.45, 7) is 11.6. The normalized spacial score (nSPS) is 13.1. The second-order valence-corrected chi connectivity index (χ2v) is 6.38. The van der Waals surface area contributed by atoms with E-state index in [1.54, 1.807) is 0 Å². The van der Waals surface area contributed by atoms with Crippen LogP contribution < -0.4 is 5.32 Å². The van der Waals surface area contributed by atoms with Crippen LogP contribution in [0.25, 0.3) is 0 Å². The first-order valence-electron chi connectivity index (χ1n) is 7.94. The maximum absolute atomic E-state index is 11.1. The van der Waals surface area contributed by atoms with Crippen LogP contribution in [-0.4, -0.2) is 37.4 Å². The zero-order valence-corrected chi connectivity index (χ0v) is 13.7. The highest BCUT2D eigenvalue weighted by Gasteiger charge is 2.16. The molecule has 0 aromatic heterocycles. The third kappa shape index (κ3) is 12.4. The predicted octanol–water partition coefficient (Wildman–Crippen LogP) is 3.41. The van der Waals surface area contributed by atoms with Gasteiger partial charge in [-0.15, -0.1) is 0 Å². The van der Waals surface area contributed by atoms with E-state index in [1.807, 2.05) is 0 Å². The molecule has 4 nitrogen and oxygen atoms in total. The number of ether oxygens (including phenoxy) is 1. The third-order valence-electron chi connectivity index (χ3n) is 3.20. The molecule has 0 saturated heterocycles. The van der Waals surface area contributed by atoms with Crippen molar-refractivity contribution in [3.8, 4) is 0 Å². The van der Waals surface area contributed by atoms with E-state index in [2.05, 4.69) is 33.0 Å². The Balaban J connectivity index is 0. The van der Waals surface area contributed by atoms with E-state index < -0.39 is 5.97 Å². The maximum Gasteiger partial charge on any atom is 0.307 e. The minimum absolute atomic E-state index is 0. The number of rotatable bonds is 13. The van der Waals surface area contributed by atoms with Gasteiger partial charge in [0.2, 0.25) is 0 Å². The lowest BCUT2D eigenvalue weighted by Gasteiger charge is -2.14. The van der Waals surface area contributed by atoms with Gasteiger partial charge in [0.1, 0.15) is 0 Å². The van der Waals surface area contributed by atoms with Crippen LogP contribution in [0.1, 0.15) is 54.8 Å². The Morgan fingerprint density at radius 3 is 2.15 bits per heavy atom. The van der Waals surface area contributed by atoms with Crippen LogP contribution in [-0.2, 0) is 9.53 Å². The van der Waals surface area contributed by atoms with Gasteiger partial charge in [0, 0.05) is 21.2 Å². The molecule has 0 spiro atoms. The minimum Gasteiger partial charge on any atom is -0.481 e. The van der Waals surface area contributed by atoms with Crippen molar-refractivity contribution < 1.29 is 16.1 Å². The number of carboxylic acid groups (broad SMARTS) is 1. The number of carbonyl (C=O) groups is 1. The molecule has 0 aliphatic carbocycles.